The molecule has 2 aromatic carbocycles. The lowest BCUT2D eigenvalue weighted by molar-refractivity contribution is -0.136. The van der Waals surface area contributed by atoms with E-state index >= 15 is 0 Å². The van der Waals surface area contributed by atoms with Crippen molar-refractivity contribution in [1.82, 2.24) is 10.2 Å². The standard InChI is InChI=1S/C25H29N3O4/c1-16-15-19-7-5-6-8-21(19)27(16)22(29)17(2)28-23(30)25(3,26-24(28)31)14-13-18-9-11-20(32-4)12-10-18/h5-12,16-17H,13-15H2,1-4H3,(H,26,31)/t16-,17-,25+/m1/s1. The van der Waals surface area contributed by atoms with Crippen LogP contribution in [0.5, 0.6) is 5.75 Å². The summed E-state index contributed by atoms with van der Waals surface area (Å²) in [7, 11) is 1.61. The smallest absolute Gasteiger partial charge is 0.325 e. The van der Waals surface area contributed by atoms with Gasteiger partial charge in [-0.25, -0.2) is 9.69 Å². The van der Waals surface area contributed by atoms with Gasteiger partial charge in [0.25, 0.3) is 5.91 Å². The maximum absolute atomic E-state index is 13.4. The van der Waals surface area contributed by atoms with E-state index < -0.39 is 17.6 Å². The van der Waals surface area contributed by atoms with E-state index in [0.29, 0.717) is 12.8 Å². The lowest BCUT2D eigenvalue weighted by Crippen LogP contribution is -2.52. The van der Waals surface area contributed by atoms with Crippen LogP contribution in [-0.4, -0.2) is 47.5 Å². The zero-order valence-electron chi connectivity index (χ0n) is 18.9. The molecule has 2 aliphatic rings. The van der Waals surface area contributed by atoms with Gasteiger partial charge in [-0.1, -0.05) is 30.3 Å². The molecular formula is C25H29N3O4. The molecule has 3 atom stereocenters. The number of amides is 4. The summed E-state index contributed by atoms with van der Waals surface area (Å²) in [6, 6.07) is 14.0. The molecule has 4 rings (SSSR count). The Bertz CT molecular complexity index is 1050. The monoisotopic (exact) mass is 435 g/mol. The molecule has 7 heteroatoms. The van der Waals surface area contributed by atoms with Crippen LogP contribution in [0.2, 0.25) is 0 Å². The second kappa shape index (κ2) is 8.30. The number of para-hydroxylation sites is 1. The van der Waals surface area contributed by atoms with Crippen LogP contribution in [0.15, 0.2) is 48.5 Å². The summed E-state index contributed by atoms with van der Waals surface area (Å²) in [6.07, 6.45) is 1.80. The van der Waals surface area contributed by atoms with Gasteiger partial charge in [0.2, 0.25) is 5.91 Å². The Balaban J connectivity index is 1.48. The summed E-state index contributed by atoms with van der Waals surface area (Å²) in [4.78, 5) is 42.3. The lowest BCUT2D eigenvalue weighted by atomic mass is 9.93. The average Bonchev–Trinajstić information content (AvgIpc) is 3.23. The largest absolute Gasteiger partial charge is 0.497 e. The van der Waals surface area contributed by atoms with Crippen molar-refractivity contribution in [3.8, 4) is 5.75 Å². The van der Waals surface area contributed by atoms with Gasteiger partial charge in [-0.15, -0.1) is 0 Å². The van der Waals surface area contributed by atoms with Crippen LogP contribution in [0.3, 0.4) is 0 Å². The fraction of sp³-hybridized carbons (Fsp3) is 0.400. The van der Waals surface area contributed by atoms with E-state index in [-0.39, 0.29) is 17.9 Å². The van der Waals surface area contributed by atoms with E-state index in [9.17, 15) is 14.4 Å². The van der Waals surface area contributed by atoms with Crippen molar-refractivity contribution in [2.75, 3.05) is 12.0 Å². The summed E-state index contributed by atoms with van der Waals surface area (Å²) in [5.74, 6) is 0.156. The fourth-order valence-electron chi connectivity index (χ4n) is 4.63. The van der Waals surface area contributed by atoms with Crippen LogP contribution >= 0.6 is 0 Å². The van der Waals surface area contributed by atoms with E-state index in [2.05, 4.69) is 5.32 Å². The van der Waals surface area contributed by atoms with E-state index in [1.807, 2.05) is 55.5 Å². The van der Waals surface area contributed by atoms with Crippen molar-refractivity contribution in [3.05, 3.63) is 59.7 Å². The highest BCUT2D eigenvalue weighted by atomic mass is 16.5. The molecule has 0 unspecified atom stereocenters. The summed E-state index contributed by atoms with van der Waals surface area (Å²) in [6.45, 7) is 5.33. The fourth-order valence-corrected chi connectivity index (χ4v) is 4.63. The van der Waals surface area contributed by atoms with Crippen LogP contribution in [0.25, 0.3) is 0 Å². The Morgan fingerprint density at radius 2 is 1.88 bits per heavy atom. The predicted molar refractivity (Wildman–Crippen MR) is 122 cm³/mol. The SMILES string of the molecule is COc1ccc(CC[C@]2(C)NC(=O)N([C@H](C)C(=O)N3c4ccccc4C[C@H]3C)C2=O)cc1. The number of nitrogens with zero attached hydrogens (tertiary/aromatic N) is 2. The topological polar surface area (TPSA) is 79.0 Å². The van der Waals surface area contributed by atoms with Gasteiger partial charge in [-0.2, -0.15) is 0 Å². The Hall–Kier alpha value is -3.35. The zero-order chi connectivity index (χ0) is 23.0. The maximum atomic E-state index is 13.4. The Kier molecular flexibility index (Phi) is 5.67. The highest BCUT2D eigenvalue weighted by Gasteiger charge is 2.51. The number of hydrogen-bond donors (Lipinski definition) is 1. The van der Waals surface area contributed by atoms with E-state index in [1.165, 1.54) is 0 Å². The molecule has 7 nitrogen and oxygen atoms in total. The first-order valence-electron chi connectivity index (χ1n) is 10.9. The molecule has 2 aromatic rings. The van der Waals surface area contributed by atoms with Crippen molar-refractivity contribution in [1.29, 1.82) is 0 Å². The number of hydrogen-bond acceptors (Lipinski definition) is 4. The number of anilines is 1. The van der Waals surface area contributed by atoms with Crippen LogP contribution in [-0.2, 0) is 22.4 Å². The van der Waals surface area contributed by atoms with Gasteiger partial charge in [-0.05, 0) is 69.4 Å². The van der Waals surface area contributed by atoms with Gasteiger partial charge in [0.05, 0.1) is 7.11 Å². The van der Waals surface area contributed by atoms with Crippen molar-refractivity contribution < 1.29 is 19.1 Å². The van der Waals surface area contributed by atoms with Crippen LogP contribution in [0.1, 0.15) is 38.3 Å². The second-order valence-corrected chi connectivity index (χ2v) is 8.85. The summed E-state index contributed by atoms with van der Waals surface area (Å²) >= 11 is 0. The highest BCUT2D eigenvalue weighted by molar-refractivity contribution is 6.11. The van der Waals surface area contributed by atoms with Crippen LogP contribution in [0, 0.1) is 0 Å². The third-order valence-corrected chi connectivity index (χ3v) is 6.55. The predicted octanol–water partition coefficient (Wildman–Crippen LogP) is 3.30. The molecule has 32 heavy (non-hydrogen) atoms. The number of carbonyl (C=O) groups excluding carboxylic acids is 3. The molecule has 0 aliphatic carbocycles. The van der Waals surface area contributed by atoms with Gasteiger partial charge < -0.3 is 15.0 Å². The zero-order valence-corrected chi connectivity index (χ0v) is 18.9. The third kappa shape index (κ3) is 3.72. The molecule has 0 radical (unpaired) electrons. The Morgan fingerprint density at radius 1 is 1.19 bits per heavy atom. The molecule has 0 bridgehead atoms. The normalized spacial score (nSPS) is 23.2. The average molecular weight is 436 g/mol. The molecule has 0 spiro atoms. The van der Waals surface area contributed by atoms with Crippen molar-refractivity contribution >= 4 is 23.5 Å². The summed E-state index contributed by atoms with van der Waals surface area (Å²) in [5, 5.41) is 2.82. The molecule has 1 fully saturated rings. The number of rotatable bonds is 6. The quantitative estimate of drug-likeness (QED) is 0.706. The van der Waals surface area contributed by atoms with Gasteiger partial charge >= 0.3 is 6.03 Å². The number of benzene rings is 2. The van der Waals surface area contributed by atoms with E-state index in [0.717, 1.165) is 33.9 Å². The minimum absolute atomic E-state index is 0.0235. The molecule has 1 N–H and O–H groups in total. The number of urea groups is 1. The highest BCUT2D eigenvalue weighted by Crippen LogP contribution is 2.34. The summed E-state index contributed by atoms with van der Waals surface area (Å²) in [5.41, 5.74) is 1.94. The first-order chi connectivity index (χ1) is 15.2. The molecule has 168 valence electrons. The molecule has 0 saturated carbocycles. The van der Waals surface area contributed by atoms with E-state index in [4.69, 9.17) is 4.74 Å². The number of imide groups is 1. The molecule has 2 aliphatic heterocycles. The minimum Gasteiger partial charge on any atom is -0.497 e. The first kappa shape index (κ1) is 21.9. The molecular weight excluding hydrogens is 406 g/mol. The van der Waals surface area contributed by atoms with Gasteiger partial charge in [-0.3, -0.25) is 9.59 Å². The van der Waals surface area contributed by atoms with Crippen molar-refractivity contribution in [3.63, 3.8) is 0 Å². The lowest BCUT2D eigenvalue weighted by Gasteiger charge is -2.30. The summed E-state index contributed by atoms with van der Waals surface area (Å²) < 4.78 is 5.18. The van der Waals surface area contributed by atoms with Gasteiger partial charge in [0.15, 0.2) is 0 Å². The maximum Gasteiger partial charge on any atom is 0.325 e. The number of fused-ring (bicyclic) bond motifs is 1. The van der Waals surface area contributed by atoms with Crippen molar-refractivity contribution in [2.45, 2.75) is 57.7 Å². The second-order valence-electron chi connectivity index (χ2n) is 8.85. The van der Waals surface area contributed by atoms with Crippen molar-refractivity contribution in [2.24, 2.45) is 0 Å². The van der Waals surface area contributed by atoms with Gasteiger partial charge in [0, 0.05) is 11.7 Å². The van der Waals surface area contributed by atoms with E-state index in [1.54, 1.807) is 25.9 Å². The molecule has 1 saturated heterocycles. The number of carbonyl (C=O) groups is 3. The third-order valence-electron chi connectivity index (χ3n) is 6.55. The van der Waals surface area contributed by atoms with Crippen LogP contribution in [0.4, 0.5) is 10.5 Å². The number of ether oxygens (including phenoxy) is 1. The molecule has 2 heterocycles. The Morgan fingerprint density at radius 3 is 2.56 bits per heavy atom. The Labute approximate surface area is 188 Å². The van der Waals surface area contributed by atoms with Gasteiger partial charge in [0.1, 0.15) is 17.3 Å². The number of methoxy groups -OCH3 is 1. The number of aryl methyl sites for hydroxylation is 1. The number of nitrogens with one attached hydrogen (secondary N) is 1. The first-order valence-corrected chi connectivity index (χ1v) is 10.9. The molecule has 4 amide bonds. The molecule has 0 aromatic heterocycles. The van der Waals surface area contributed by atoms with Crippen LogP contribution < -0.4 is 15.0 Å². The minimum atomic E-state index is -1.06.